The Kier molecular flexibility index (Phi) is 5.71. The van der Waals surface area contributed by atoms with Crippen LogP contribution in [-0.2, 0) is 10.8 Å². The van der Waals surface area contributed by atoms with Gasteiger partial charge in [0, 0.05) is 0 Å². The van der Waals surface area contributed by atoms with Gasteiger partial charge in [-0.15, -0.1) is 6.58 Å². The van der Waals surface area contributed by atoms with Gasteiger partial charge in [-0.2, -0.15) is 0 Å². The van der Waals surface area contributed by atoms with Gasteiger partial charge in [0.2, 0.25) is 0 Å². The van der Waals surface area contributed by atoms with Gasteiger partial charge in [-0.3, -0.25) is 0 Å². The zero-order valence-electron chi connectivity index (χ0n) is 16.3. The second kappa shape index (κ2) is 6.60. The number of rotatable bonds is 4. The second-order valence-corrected chi connectivity index (χ2v) is 9.36. The van der Waals surface area contributed by atoms with Crippen molar-refractivity contribution in [3.8, 4) is 0 Å². The maximum atomic E-state index is 4.15. The van der Waals surface area contributed by atoms with Crippen molar-refractivity contribution in [2.45, 2.75) is 85.5 Å². The number of benzene rings is 1. The molecule has 0 bridgehead atoms. The molecule has 0 spiro atoms. The van der Waals surface area contributed by atoms with Crippen molar-refractivity contribution < 1.29 is 0 Å². The van der Waals surface area contributed by atoms with E-state index in [1.165, 1.54) is 22.3 Å². The zero-order chi connectivity index (χ0) is 17.3. The van der Waals surface area contributed by atoms with E-state index in [-0.39, 0.29) is 10.8 Å². The lowest BCUT2D eigenvalue weighted by molar-refractivity contribution is 0.488. The van der Waals surface area contributed by atoms with Crippen LogP contribution < -0.4 is 0 Å². The molecule has 0 nitrogen and oxygen atoms in total. The van der Waals surface area contributed by atoms with Crippen molar-refractivity contribution in [2.24, 2.45) is 5.92 Å². The molecule has 0 saturated heterocycles. The van der Waals surface area contributed by atoms with Crippen molar-refractivity contribution in [3.63, 3.8) is 0 Å². The number of hydrogen-bond acceptors (Lipinski definition) is 0. The largest absolute Gasteiger partial charge is 0.100 e. The molecule has 1 aromatic rings. The van der Waals surface area contributed by atoms with E-state index in [4.69, 9.17) is 0 Å². The van der Waals surface area contributed by atoms with Crippen LogP contribution in [0, 0.1) is 5.92 Å². The molecule has 0 heteroatoms. The Morgan fingerprint density at radius 3 is 1.59 bits per heavy atom. The molecule has 1 atom stereocenters. The molecule has 0 heterocycles. The van der Waals surface area contributed by atoms with Crippen molar-refractivity contribution in [1.29, 1.82) is 0 Å². The van der Waals surface area contributed by atoms with Crippen LogP contribution >= 0.6 is 0 Å². The van der Waals surface area contributed by atoms with Crippen LogP contribution in [-0.4, -0.2) is 0 Å². The van der Waals surface area contributed by atoms with Crippen LogP contribution in [0.15, 0.2) is 30.4 Å². The summed E-state index contributed by atoms with van der Waals surface area (Å²) in [6, 6.07) is 7.27. The van der Waals surface area contributed by atoms with Crippen LogP contribution in [0.3, 0.4) is 0 Å². The summed E-state index contributed by atoms with van der Waals surface area (Å²) in [4.78, 5) is 0. The predicted octanol–water partition coefficient (Wildman–Crippen LogP) is 6.99. The fourth-order valence-electron chi connectivity index (χ4n) is 2.85. The summed E-state index contributed by atoms with van der Waals surface area (Å²) >= 11 is 0. The van der Waals surface area contributed by atoms with Crippen LogP contribution in [0.5, 0.6) is 0 Å². The normalized spacial score (nSPS) is 14.3. The van der Waals surface area contributed by atoms with E-state index in [1.807, 2.05) is 0 Å². The molecular weight excluding hydrogens is 264 g/mol. The van der Waals surface area contributed by atoms with Crippen molar-refractivity contribution >= 4 is 0 Å². The first-order valence-electron chi connectivity index (χ1n) is 8.62. The van der Waals surface area contributed by atoms with Gasteiger partial charge in [0.1, 0.15) is 0 Å². The lowest BCUT2D eigenvalue weighted by atomic mass is 9.75. The molecule has 0 amide bonds. The standard InChI is InChI=1S/C22H36/c1-15(2)11-20(16(3)4)17-12-18(21(5,6)7)14-19(13-17)22(8,9)10/h12-14,16,20H,1,11H2,2-10H3. The minimum atomic E-state index is 0.181. The van der Waals surface area contributed by atoms with E-state index in [0.29, 0.717) is 11.8 Å². The smallest absolute Gasteiger partial charge is 0.0102 e. The average Bonchev–Trinajstić information content (AvgIpc) is 2.32. The topological polar surface area (TPSA) is 0 Å². The van der Waals surface area contributed by atoms with E-state index in [0.717, 1.165) is 6.42 Å². The van der Waals surface area contributed by atoms with E-state index < -0.39 is 0 Å². The van der Waals surface area contributed by atoms with Gasteiger partial charge < -0.3 is 0 Å². The molecule has 0 fully saturated rings. The van der Waals surface area contributed by atoms with E-state index >= 15 is 0 Å². The van der Waals surface area contributed by atoms with E-state index in [1.54, 1.807) is 0 Å². The highest BCUT2D eigenvalue weighted by atomic mass is 14.3. The average molecular weight is 301 g/mol. The maximum Gasteiger partial charge on any atom is -0.0102 e. The first kappa shape index (κ1) is 19.0. The molecule has 1 aromatic carbocycles. The monoisotopic (exact) mass is 300 g/mol. The Morgan fingerprint density at radius 2 is 1.32 bits per heavy atom. The second-order valence-electron chi connectivity index (χ2n) is 9.36. The number of hydrogen-bond donors (Lipinski definition) is 0. The summed E-state index contributed by atoms with van der Waals surface area (Å²) in [5.41, 5.74) is 6.01. The summed E-state index contributed by atoms with van der Waals surface area (Å²) < 4.78 is 0. The summed E-state index contributed by atoms with van der Waals surface area (Å²) in [7, 11) is 0. The summed E-state index contributed by atoms with van der Waals surface area (Å²) in [5.74, 6) is 1.18. The Labute approximate surface area is 139 Å². The summed E-state index contributed by atoms with van der Waals surface area (Å²) in [6.07, 6.45) is 1.08. The molecule has 124 valence electrons. The summed E-state index contributed by atoms with van der Waals surface area (Å²) in [5, 5.41) is 0. The minimum Gasteiger partial charge on any atom is -0.100 e. The first-order chi connectivity index (χ1) is 9.82. The molecule has 0 aliphatic carbocycles. The third-order valence-corrected chi connectivity index (χ3v) is 4.49. The van der Waals surface area contributed by atoms with Gasteiger partial charge in [0.15, 0.2) is 0 Å². The molecule has 0 saturated carbocycles. The first-order valence-corrected chi connectivity index (χ1v) is 8.62. The lowest BCUT2D eigenvalue weighted by Crippen LogP contribution is -2.18. The summed E-state index contributed by atoms with van der Waals surface area (Å²) in [6.45, 7) is 24.8. The molecule has 0 aromatic heterocycles. The lowest BCUT2D eigenvalue weighted by Gasteiger charge is -2.29. The van der Waals surface area contributed by atoms with Crippen LogP contribution in [0.25, 0.3) is 0 Å². The zero-order valence-corrected chi connectivity index (χ0v) is 16.3. The van der Waals surface area contributed by atoms with Gasteiger partial charge in [-0.05, 0) is 52.7 Å². The van der Waals surface area contributed by atoms with Gasteiger partial charge in [0.05, 0.1) is 0 Å². The Balaban J connectivity index is 3.48. The molecule has 0 N–H and O–H groups in total. The Morgan fingerprint density at radius 1 is 0.909 bits per heavy atom. The van der Waals surface area contributed by atoms with Crippen molar-refractivity contribution in [1.82, 2.24) is 0 Å². The predicted molar refractivity (Wildman–Crippen MR) is 101 cm³/mol. The van der Waals surface area contributed by atoms with Gasteiger partial charge in [-0.25, -0.2) is 0 Å². The Bertz CT molecular complexity index is 486. The minimum absolute atomic E-state index is 0.181. The fourth-order valence-corrected chi connectivity index (χ4v) is 2.85. The molecule has 0 aliphatic rings. The van der Waals surface area contributed by atoms with Gasteiger partial charge in [-0.1, -0.05) is 79.2 Å². The molecule has 0 aliphatic heterocycles. The number of allylic oxidation sites excluding steroid dienone is 1. The highest BCUT2D eigenvalue weighted by Crippen LogP contribution is 2.36. The van der Waals surface area contributed by atoms with Crippen LogP contribution in [0.4, 0.5) is 0 Å². The molecule has 22 heavy (non-hydrogen) atoms. The third-order valence-electron chi connectivity index (χ3n) is 4.49. The third kappa shape index (κ3) is 5.00. The fraction of sp³-hybridized carbons (Fsp3) is 0.636. The highest BCUT2D eigenvalue weighted by Gasteiger charge is 2.24. The Hall–Kier alpha value is -1.04. The van der Waals surface area contributed by atoms with Crippen molar-refractivity contribution in [2.75, 3.05) is 0 Å². The van der Waals surface area contributed by atoms with Crippen LogP contribution in [0.2, 0.25) is 0 Å². The molecule has 0 radical (unpaired) electrons. The molecule has 1 unspecified atom stereocenters. The quantitative estimate of drug-likeness (QED) is 0.526. The van der Waals surface area contributed by atoms with E-state index in [9.17, 15) is 0 Å². The highest BCUT2D eigenvalue weighted by molar-refractivity contribution is 5.39. The SMILES string of the molecule is C=C(C)CC(c1cc(C(C)(C)C)cc(C(C)(C)C)c1)C(C)C. The van der Waals surface area contributed by atoms with Crippen molar-refractivity contribution in [3.05, 3.63) is 47.0 Å². The van der Waals surface area contributed by atoms with Crippen LogP contribution in [0.1, 0.15) is 91.3 Å². The molecular formula is C22H36. The molecule has 1 rings (SSSR count). The van der Waals surface area contributed by atoms with Gasteiger partial charge >= 0.3 is 0 Å². The van der Waals surface area contributed by atoms with E-state index in [2.05, 4.69) is 87.1 Å². The van der Waals surface area contributed by atoms with Gasteiger partial charge in [0.25, 0.3) is 0 Å². The maximum absolute atomic E-state index is 4.15.